The lowest BCUT2D eigenvalue weighted by Crippen LogP contribution is -2.36. The molecule has 1 aromatic heterocycles. The van der Waals surface area contributed by atoms with Crippen LogP contribution in [0.1, 0.15) is 0 Å². The number of hydrazine groups is 1. The van der Waals surface area contributed by atoms with Crippen molar-refractivity contribution in [3.05, 3.63) is 43.2 Å². The van der Waals surface area contributed by atoms with E-state index in [1.54, 1.807) is 6.08 Å². The van der Waals surface area contributed by atoms with Crippen molar-refractivity contribution in [3.63, 3.8) is 0 Å². The van der Waals surface area contributed by atoms with Crippen molar-refractivity contribution in [2.45, 2.75) is 12.6 Å². The molecule has 0 aliphatic carbocycles. The number of fused-ring (bicyclic) bond motifs is 1. The summed E-state index contributed by atoms with van der Waals surface area (Å²) in [4.78, 5) is 4.30. The molecule has 1 heterocycles. The number of imidazole rings is 1. The van der Waals surface area contributed by atoms with Gasteiger partial charge in [0, 0.05) is 6.54 Å². The van der Waals surface area contributed by atoms with Crippen LogP contribution in [0.15, 0.2) is 43.2 Å². The number of para-hydroxylation sites is 2. The number of hydrogen-bond acceptors (Lipinski definition) is 3. The topological polar surface area (TPSA) is 55.9 Å². The van der Waals surface area contributed by atoms with Gasteiger partial charge in [-0.15, -0.1) is 6.58 Å². The summed E-state index contributed by atoms with van der Waals surface area (Å²) in [6.45, 7) is 4.45. The third-order valence-electron chi connectivity index (χ3n) is 2.42. The van der Waals surface area contributed by atoms with E-state index in [0.29, 0.717) is 0 Å². The number of benzene rings is 1. The molecule has 4 nitrogen and oxygen atoms in total. The maximum atomic E-state index is 5.39. The van der Waals surface area contributed by atoms with E-state index in [4.69, 9.17) is 5.84 Å². The van der Waals surface area contributed by atoms with E-state index >= 15 is 0 Å². The number of rotatable bonds is 4. The van der Waals surface area contributed by atoms with Crippen LogP contribution in [0.25, 0.3) is 11.0 Å². The molecule has 15 heavy (non-hydrogen) atoms. The summed E-state index contributed by atoms with van der Waals surface area (Å²) in [6, 6.07) is 8.07. The Morgan fingerprint density at radius 2 is 2.33 bits per heavy atom. The predicted octanol–water partition coefficient (Wildman–Crippen LogP) is 1.05. The summed E-state index contributed by atoms with van der Waals surface area (Å²) in [5, 5.41) is 0. The highest BCUT2D eigenvalue weighted by molar-refractivity contribution is 5.74. The van der Waals surface area contributed by atoms with Crippen molar-refractivity contribution in [1.82, 2.24) is 15.0 Å². The molecular formula is C11H14N4. The van der Waals surface area contributed by atoms with Gasteiger partial charge in [0.15, 0.2) is 0 Å². The first kappa shape index (κ1) is 9.89. The molecule has 2 aromatic rings. The van der Waals surface area contributed by atoms with Gasteiger partial charge in [0.05, 0.1) is 23.4 Å². The minimum Gasteiger partial charge on any atom is -0.329 e. The van der Waals surface area contributed by atoms with Crippen LogP contribution < -0.4 is 11.3 Å². The van der Waals surface area contributed by atoms with Gasteiger partial charge < -0.3 is 4.57 Å². The molecule has 0 amide bonds. The largest absolute Gasteiger partial charge is 0.329 e. The lowest BCUT2D eigenvalue weighted by molar-refractivity contribution is 0.537. The standard InChI is InChI=1S/C11H14N4/c1-2-9(14-12)7-15-8-13-10-5-3-4-6-11(10)15/h2-6,8-9,14H,1,7,12H2. The zero-order valence-electron chi connectivity index (χ0n) is 8.43. The molecule has 78 valence electrons. The Morgan fingerprint density at radius 3 is 3.07 bits per heavy atom. The van der Waals surface area contributed by atoms with Crippen molar-refractivity contribution in [2.75, 3.05) is 0 Å². The highest BCUT2D eigenvalue weighted by atomic mass is 15.2. The van der Waals surface area contributed by atoms with E-state index < -0.39 is 0 Å². The lowest BCUT2D eigenvalue weighted by atomic mass is 10.3. The monoisotopic (exact) mass is 202 g/mol. The zero-order chi connectivity index (χ0) is 10.7. The number of aromatic nitrogens is 2. The van der Waals surface area contributed by atoms with Crippen LogP contribution in [0.5, 0.6) is 0 Å². The second kappa shape index (κ2) is 4.25. The molecule has 2 rings (SSSR count). The minimum atomic E-state index is 0.0580. The summed E-state index contributed by atoms with van der Waals surface area (Å²) in [5.74, 6) is 5.39. The fraction of sp³-hybridized carbons (Fsp3) is 0.182. The molecule has 0 radical (unpaired) electrons. The van der Waals surface area contributed by atoms with Crippen LogP contribution in [0, 0.1) is 0 Å². The van der Waals surface area contributed by atoms with E-state index in [1.165, 1.54) is 0 Å². The highest BCUT2D eigenvalue weighted by Crippen LogP contribution is 2.12. The first-order valence-electron chi connectivity index (χ1n) is 4.83. The van der Waals surface area contributed by atoms with Crippen LogP contribution in [0.2, 0.25) is 0 Å². The second-order valence-corrected chi connectivity index (χ2v) is 3.39. The smallest absolute Gasteiger partial charge is 0.0958 e. The Labute approximate surface area is 88.4 Å². The number of nitrogens with zero attached hydrogens (tertiary/aromatic N) is 2. The van der Waals surface area contributed by atoms with Gasteiger partial charge in [0.2, 0.25) is 0 Å². The third-order valence-corrected chi connectivity index (χ3v) is 2.42. The SMILES string of the molecule is C=CC(Cn1cnc2ccccc21)NN. The Hall–Kier alpha value is -1.65. The average Bonchev–Trinajstić information content (AvgIpc) is 2.69. The van der Waals surface area contributed by atoms with Crippen molar-refractivity contribution >= 4 is 11.0 Å². The van der Waals surface area contributed by atoms with Crippen LogP contribution >= 0.6 is 0 Å². The van der Waals surface area contributed by atoms with Gasteiger partial charge in [-0.3, -0.25) is 11.3 Å². The third kappa shape index (κ3) is 1.91. The summed E-state index contributed by atoms with van der Waals surface area (Å²) in [5.41, 5.74) is 4.80. The summed E-state index contributed by atoms with van der Waals surface area (Å²) in [6.07, 6.45) is 3.60. The Bertz CT molecular complexity index is 460. The fourth-order valence-corrected chi connectivity index (χ4v) is 1.56. The van der Waals surface area contributed by atoms with Gasteiger partial charge in [-0.2, -0.15) is 0 Å². The summed E-state index contributed by atoms with van der Waals surface area (Å²) < 4.78 is 2.06. The number of nitrogens with two attached hydrogens (primary N) is 1. The predicted molar refractivity (Wildman–Crippen MR) is 61.0 cm³/mol. The van der Waals surface area contributed by atoms with Crippen molar-refractivity contribution in [1.29, 1.82) is 0 Å². The molecule has 0 saturated heterocycles. The van der Waals surface area contributed by atoms with E-state index in [1.807, 2.05) is 30.6 Å². The van der Waals surface area contributed by atoms with Crippen molar-refractivity contribution in [3.8, 4) is 0 Å². The molecule has 1 atom stereocenters. The second-order valence-electron chi connectivity index (χ2n) is 3.39. The van der Waals surface area contributed by atoms with Crippen LogP contribution in [0.4, 0.5) is 0 Å². The molecule has 0 aliphatic heterocycles. The summed E-state index contributed by atoms with van der Waals surface area (Å²) in [7, 11) is 0. The normalized spacial score (nSPS) is 12.9. The molecule has 4 heteroatoms. The maximum absolute atomic E-state index is 5.39. The maximum Gasteiger partial charge on any atom is 0.0958 e. The van der Waals surface area contributed by atoms with E-state index in [2.05, 4.69) is 21.6 Å². The Kier molecular flexibility index (Phi) is 2.80. The first-order valence-corrected chi connectivity index (χ1v) is 4.83. The van der Waals surface area contributed by atoms with Crippen molar-refractivity contribution < 1.29 is 0 Å². The van der Waals surface area contributed by atoms with Crippen LogP contribution in [-0.4, -0.2) is 15.6 Å². The average molecular weight is 202 g/mol. The highest BCUT2D eigenvalue weighted by Gasteiger charge is 2.05. The molecule has 1 unspecified atom stereocenters. The summed E-state index contributed by atoms with van der Waals surface area (Å²) >= 11 is 0. The van der Waals surface area contributed by atoms with Crippen LogP contribution in [0.3, 0.4) is 0 Å². The van der Waals surface area contributed by atoms with Gasteiger partial charge in [0.1, 0.15) is 0 Å². The lowest BCUT2D eigenvalue weighted by Gasteiger charge is -2.12. The molecule has 0 fully saturated rings. The minimum absolute atomic E-state index is 0.0580. The van der Waals surface area contributed by atoms with Gasteiger partial charge in [-0.1, -0.05) is 18.2 Å². The molecule has 0 spiro atoms. The molecule has 3 N–H and O–H groups in total. The van der Waals surface area contributed by atoms with E-state index in [9.17, 15) is 0 Å². The molecule has 0 aliphatic rings. The number of nitrogens with one attached hydrogen (secondary N) is 1. The van der Waals surface area contributed by atoms with Gasteiger partial charge >= 0.3 is 0 Å². The quantitative estimate of drug-likeness (QED) is 0.442. The Balaban J connectivity index is 2.32. The van der Waals surface area contributed by atoms with Gasteiger partial charge in [0.25, 0.3) is 0 Å². The zero-order valence-corrected chi connectivity index (χ0v) is 8.43. The molecule has 0 bridgehead atoms. The fourth-order valence-electron chi connectivity index (χ4n) is 1.56. The van der Waals surface area contributed by atoms with E-state index in [-0.39, 0.29) is 6.04 Å². The van der Waals surface area contributed by atoms with Crippen molar-refractivity contribution in [2.24, 2.45) is 5.84 Å². The molecular weight excluding hydrogens is 188 g/mol. The van der Waals surface area contributed by atoms with E-state index in [0.717, 1.165) is 17.6 Å². The first-order chi connectivity index (χ1) is 7.35. The number of hydrogen-bond donors (Lipinski definition) is 2. The Morgan fingerprint density at radius 1 is 1.53 bits per heavy atom. The van der Waals surface area contributed by atoms with Gasteiger partial charge in [-0.25, -0.2) is 4.98 Å². The molecule has 1 aromatic carbocycles. The molecule has 0 saturated carbocycles. The van der Waals surface area contributed by atoms with Crippen LogP contribution in [-0.2, 0) is 6.54 Å². The van der Waals surface area contributed by atoms with Gasteiger partial charge in [-0.05, 0) is 12.1 Å².